The first-order valence-electron chi connectivity index (χ1n) is 0. The van der Waals surface area contributed by atoms with Gasteiger partial charge in [-0.25, -0.2) is 0 Å². The van der Waals surface area contributed by atoms with Gasteiger partial charge in [0.25, 0.3) is 0 Å². The molecule has 0 aromatic carbocycles. The van der Waals surface area contributed by atoms with Gasteiger partial charge in [0.2, 0.25) is 0 Å². The minimum Gasteiger partial charge on any atom is -1.00 e. The Morgan fingerprint density at radius 2 is 0.500 bits per heavy atom. The Bertz CT molecular complexity index is 7.51. The molecular formula is AlF4Li. The second-order valence-corrected chi connectivity index (χ2v) is 0. The topological polar surface area (TPSA) is 0 Å². The SMILES string of the molecule is [Al+3].[F-].[F-].[F-].[F-].[Li+]. The van der Waals surface area contributed by atoms with E-state index in [0.717, 1.165) is 0 Å². The van der Waals surface area contributed by atoms with Gasteiger partial charge in [-0.1, -0.05) is 0 Å². The van der Waals surface area contributed by atoms with Gasteiger partial charge in [-0.3, -0.25) is 0 Å². The average molecular weight is 110 g/mol. The molecule has 0 atom stereocenters. The van der Waals surface area contributed by atoms with Crippen LogP contribution in [0.15, 0.2) is 0 Å². The molecule has 32 valence electrons. The zero-order valence-corrected chi connectivity index (χ0v) is 4.24. The monoisotopic (exact) mass is 110 g/mol. The van der Waals surface area contributed by atoms with Crippen molar-refractivity contribution in [3.05, 3.63) is 0 Å². The fraction of sp³-hybridized carbons (Fsp3) is 0. The third kappa shape index (κ3) is 99.5. The Morgan fingerprint density at radius 3 is 0.500 bits per heavy atom. The summed E-state index contributed by atoms with van der Waals surface area (Å²) in [6, 6.07) is 0. The summed E-state index contributed by atoms with van der Waals surface area (Å²) in [6.07, 6.45) is 0. The molecule has 0 amide bonds. The molecule has 0 rings (SSSR count). The van der Waals surface area contributed by atoms with Crippen molar-refractivity contribution in [1.82, 2.24) is 0 Å². The first-order chi connectivity index (χ1) is 0. The largest absolute Gasteiger partial charge is 3.00 e. The predicted molar refractivity (Wildman–Crippen MR) is 5.75 cm³/mol. The first-order valence-corrected chi connectivity index (χ1v) is 0. The zero-order chi connectivity index (χ0) is 0. The van der Waals surface area contributed by atoms with Gasteiger partial charge in [-0.15, -0.1) is 0 Å². The molecule has 0 radical (unpaired) electrons. The number of halogens is 4. The van der Waals surface area contributed by atoms with E-state index >= 15 is 0 Å². The molecule has 6 heteroatoms. The van der Waals surface area contributed by atoms with Gasteiger partial charge in [0.05, 0.1) is 0 Å². The minimum atomic E-state index is 0. The van der Waals surface area contributed by atoms with Gasteiger partial charge < -0.3 is 18.8 Å². The average Bonchev–Trinajstić information content (AvgIpc) is 0. The van der Waals surface area contributed by atoms with Crippen molar-refractivity contribution in [3.63, 3.8) is 0 Å². The summed E-state index contributed by atoms with van der Waals surface area (Å²) in [5, 5.41) is 0. The van der Waals surface area contributed by atoms with E-state index in [2.05, 4.69) is 0 Å². The Morgan fingerprint density at radius 1 is 0.500 bits per heavy atom. The van der Waals surface area contributed by atoms with Gasteiger partial charge in [0, 0.05) is 0 Å². The first kappa shape index (κ1) is 325. The minimum absolute atomic E-state index is 0. The maximum Gasteiger partial charge on any atom is 3.00 e. The molecule has 0 spiro atoms. The van der Waals surface area contributed by atoms with Crippen LogP contribution in [0.5, 0.6) is 0 Å². The van der Waals surface area contributed by atoms with E-state index in [-0.39, 0.29) is 55.0 Å². The number of hydrogen-bond acceptors (Lipinski definition) is 0. The molecule has 0 aromatic rings. The molecule has 0 saturated heterocycles. The quantitative estimate of drug-likeness (QED) is 0.214. The Balaban J connectivity index is 0. The van der Waals surface area contributed by atoms with Crippen LogP contribution in [-0.4, -0.2) is 17.4 Å². The van der Waals surface area contributed by atoms with Gasteiger partial charge in [-0.2, -0.15) is 0 Å². The summed E-state index contributed by atoms with van der Waals surface area (Å²) in [5.41, 5.74) is 0. The third-order valence-electron chi connectivity index (χ3n) is 0. The Kier molecular flexibility index (Phi) is 10300. The fourth-order valence-corrected chi connectivity index (χ4v) is 0. The van der Waals surface area contributed by atoms with E-state index in [1.807, 2.05) is 0 Å². The molecule has 0 aliphatic rings. The van der Waals surface area contributed by atoms with E-state index in [1.165, 1.54) is 0 Å². The van der Waals surface area contributed by atoms with Crippen molar-refractivity contribution in [3.8, 4) is 0 Å². The summed E-state index contributed by atoms with van der Waals surface area (Å²) < 4.78 is 0. The molecule has 6 heavy (non-hydrogen) atoms. The predicted octanol–water partition coefficient (Wildman–Crippen LogP) is -15.4. The van der Waals surface area contributed by atoms with Gasteiger partial charge in [0.1, 0.15) is 0 Å². The maximum atomic E-state index is 0. The van der Waals surface area contributed by atoms with Crippen LogP contribution in [0, 0.1) is 0 Å². The molecular weight excluding hydrogens is 110 g/mol. The van der Waals surface area contributed by atoms with Gasteiger partial charge >= 0.3 is 36.2 Å². The van der Waals surface area contributed by atoms with Crippen LogP contribution in [0.1, 0.15) is 0 Å². The molecule has 0 bridgehead atoms. The van der Waals surface area contributed by atoms with E-state index < -0.39 is 0 Å². The Hall–Kier alpha value is 0.850. The molecule has 0 aromatic heterocycles. The van der Waals surface area contributed by atoms with Crippen molar-refractivity contribution >= 4 is 17.4 Å². The maximum absolute atomic E-state index is 0. The normalized spacial score (nSPS) is 0. The van der Waals surface area contributed by atoms with Gasteiger partial charge in [-0.05, 0) is 0 Å². The fourth-order valence-electron chi connectivity index (χ4n) is 0. The van der Waals surface area contributed by atoms with Crippen molar-refractivity contribution in [2.45, 2.75) is 0 Å². The molecule has 0 fully saturated rings. The third-order valence-corrected chi connectivity index (χ3v) is 0. The molecule has 0 aliphatic carbocycles. The Labute approximate surface area is 55.5 Å². The molecule has 0 nitrogen and oxygen atoms in total. The van der Waals surface area contributed by atoms with Crippen LogP contribution in [0.4, 0.5) is 0 Å². The second-order valence-electron chi connectivity index (χ2n) is 0. The van der Waals surface area contributed by atoms with Crippen LogP contribution in [0.3, 0.4) is 0 Å². The molecule has 0 saturated carbocycles. The summed E-state index contributed by atoms with van der Waals surface area (Å²) >= 11 is 0. The smallest absolute Gasteiger partial charge is 1.00 e. The molecule has 0 heterocycles. The van der Waals surface area contributed by atoms with Crippen LogP contribution < -0.4 is 37.7 Å². The van der Waals surface area contributed by atoms with Crippen molar-refractivity contribution < 1.29 is 37.7 Å². The van der Waals surface area contributed by atoms with Crippen molar-refractivity contribution in [2.24, 2.45) is 0 Å². The number of hydrogen-bond donors (Lipinski definition) is 0. The van der Waals surface area contributed by atoms with Crippen LogP contribution in [0.2, 0.25) is 0 Å². The van der Waals surface area contributed by atoms with E-state index in [9.17, 15) is 0 Å². The number of rotatable bonds is 0. The second kappa shape index (κ2) is 191. The summed E-state index contributed by atoms with van der Waals surface area (Å²) in [6.45, 7) is 0. The van der Waals surface area contributed by atoms with Crippen molar-refractivity contribution in [2.75, 3.05) is 0 Å². The zero-order valence-electron chi connectivity index (χ0n) is 3.09. The van der Waals surface area contributed by atoms with E-state index in [0.29, 0.717) is 0 Å². The van der Waals surface area contributed by atoms with Crippen molar-refractivity contribution in [1.29, 1.82) is 0 Å². The molecule has 0 N–H and O–H groups in total. The van der Waals surface area contributed by atoms with Crippen LogP contribution in [-0.2, 0) is 0 Å². The standard InChI is InChI=1S/Al.4FH.Li/h;4*1H;/q+3;;;;;+1/p-4. The summed E-state index contributed by atoms with van der Waals surface area (Å²) in [7, 11) is 0. The van der Waals surface area contributed by atoms with Crippen LogP contribution in [0.25, 0.3) is 0 Å². The summed E-state index contributed by atoms with van der Waals surface area (Å²) in [5.74, 6) is 0. The summed E-state index contributed by atoms with van der Waals surface area (Å²) in [4.78, 5) is 0. The molecule has 0 aliphatic heterocycles. The van der Waals surface area contributed by atoms with Crippen LogP contribution >= 0.6 is 0 Å². The van der Waals surface area contributed by atoms with Gasteiger partial charge in [0.15, 0.2) is 0 Å². The van der Waals surface area contributed by atoms with E-state index in [4.69, 9.17) is 0 Å². The van der Waals surface area contributed by atoms with E-state index in [1.54, 1.807) is 0 Å². The molecule has 0 unspecified atom stereocenters.